The Hall–Kier alpha value is -1.38. The van der Waals surface area contributed by atoms with Crippen molar-refractivity contribution in [1.82, 2.24) is 4.90 Å². The summed E-state index contributed by atoms with van der Waals surface area (Å²) in [6.45, 7) is 0.687. The molecule has 3 atom stereocenters. The zero-order chi connectivity index (χ0) is 17.4. The Bertz CT molecular complexity index is 694. The number of likely N-dealkylation sites (N-methyl/N-ethyl adjacent to an activating group) is 1. The number of nitrogens with zero attached hydrogens (tertiary/aromatic N) is 1. The van der Waals surface area contributed by atoms with Gasteiger partial charge in [-0.2, -0.15) is 0 Å². The largest absolute Gasteiger partial charge is 0.493 e. The highest BCUT2D eigenvalue weighted by Gasteiger charge is 2.87. The number of benzene rings is 1. The molecule has 4 rings (SSSR count). The number of likely N-dealkylation sites (tertiary alicyclic amines) is 1. The lowest BCUT2D eigenvalue weighted by Crippen LogP contribution is -2.59. The monoisotopic (exact) mass is 337 g/mol. The fourth-order valence-electron chi connectivity index (χ4n) is 4.99. The maximum atomic E-state index is 10.8. The number of ether oxygens (including phenoxy) is 3. The van der Waals surface area contributed by atoms with Crippen LogP contribution in [-0.2, 0) is 10.2 Å². The SMILES string of the molecule is COc1ccc([C@]23CCN(C)[C@]24OC4(O)CC(O)(O)C3)cc1OC. The minimum atomic E-state index is -1.99. The van der Waals surface area contributed by atoms with Crippen molar-refractivity contribution in [3.8, 4) is 11.5 Å². The van der Waals surface area contributed by atoms with Gasteiger partial charge in [0.05, 0.1) is 26.1 Å². The summed E-state index contributed by atoms with van der Waals surface area (Å²) in [7, 11) is 5.02. The van der Waals surface area contributed by atoms with E-state index in [0.717, 1.165) is 5.56 Å². The second kappa shape index (κ2) is 4.62. The van der Waals surface area contributed by atoms with Gasteiger partial charge in [-0.15, -0.1) is 0 Å². The highest BCUT2D eigenvalue weighted by molar-refractivity contribution is 5.49. The van der Waals surface area contributed by atoms with Gasteiger partial charge in [0.1, 0.15) is 0 Å². The summed E-state index contributed by atoms with van der Waals surface area (Å²) >= 11 is 0. The lowest BCUT2D eigenvalue weighted by Gasteiger charge is -2.45. The van der Waals surface area contributed by atoms with Crippen molar-refractivity contribution in [2.75, 3.05) is 27.8 Å². The normalized spacial score (nSPS) is 39.9. The molecule has 1 unspecified atom stereocenters. The highest BCUT2D eigenvalue weighted by Crippen LogP contribution is 2.71. The number of epoxide rings is 1. The number of methoxy groups -OCH3 is 2. The third-order valence-electron chi connectivity index (χ3n) is 5.91. The fraction of sp³-hybridized carbons (Fsp3) is 0.647. The van der Waals surface area contributed by atoms with Gasteiger partial charge in [0.2, 0.25) is 5.79 Å². The zero-order valence-corrected chi connectivity index (χ0v) is 14.1. The maximum absolute atomic E-state index is 10.8. The molecule has 2 aliphatic heterocycles. The Morgan fingerprint density at radius 1 is 1.08 bits per heavy atom. The van der Waals surface area contributed by atoms with Crippen LogP contribution < -0.4 is 9.47 Å². The molecule has 2 heterocycles. The van der Waals surface area contributed by atoms with Crippen molar-refractivity contribution in [3.05, 3.63) is 23.8 Å². The third-order valence-corrected chi connectivity index (χ3v) is 5.91. The summed E-state index contributed by atoms with van der Waals surface area (Å²) in [6.07, 6.45) is 0.506. The zero-order valence-electron chi connectivity index (χ0n) is 14.1. The van der Waals surface area contributed by atoms with Gasteiger partial charge in [0, 0.05) is 13.0 Å². The van der Waals surface area contributed by atoms with Crippen LogP contribution >= 0.6 is 0 Å². The predicted molar refractivity (Wildman–Crippen MR) is 83.6 cm³/mol. The van der Waals surface area contributed by atoms with E-state index in [0.29, 0.717) is 24.5 Å². The van der Waals surface area contributed by atoms with Crippen LogP contribution in [0, 0.1) is 0 Å². The molecule has 3 aliphatic rings. The molecule has 3 N–H and O–H groups in total. The van der Waals surface area contributed by atoms with Crippen molar-refractivity contribution in [3.63, 3.8) is 0 Å². The number of aliphatic hydroxyl groups is 3. The molecule has 0 amide bonds. The van der Waals surface area contributed by atoms with Crippen LogP contribution in [0.2, 0.25) is 0 Å². The van der Waals surface area contributed by atoms with E-state index >= 15 is 0 Å². The lowest BCUT2D eigenvalue weighted by atomic mass is 9.63. The van der Waals surface area contributed by atoms with E-state index in [1.54, 1.807) is 20.3 Å². The van der Waals surface area contributed by atoms with E-state index in [-0.39, 0.29) is 12.8 Å². The molecule has 1 aromatic rings. The summed E-state index contributed by atoms with van der Waals surface area (Å²) in [6, 6.07) is 5.51. The topological polar surface area (TPSA) is 94.9 Å². The van der Waals surface area contributed by atoms with Crippen LogP contribution in [-0.4, -0.2) is 65.3 Å². The smallest absolute Gasteiger partial charge is 0.217 e. The van der Waals surface area contributed by atoms with Crippen molar-refractivity contribution < 1.29 is 29.5 Å². The van der Waals surface area contributed by atoms with Crippen molar-refractivity contribution in [2.45, 2.75) is 42.0 Å². The molecule has 7 heteroatoms. The van der Waals surface area contributed by atoms with Crippen LogP contribution in [0.1, 0.15) is 24.8 Å². The second-order valence-corrected chi connectivity index (χ2v) is 7.19. The summed E-state index contributed by atoms with van der Waals surface area (Å²) < 4.78 is 16.5. The molecule has 0 aromatic heterocycles. The first-order chi connectivity index (χ1) is 11.2. The molecule has 1 spiro atoms. The highest BCUT2D eigenvalue weighted by atomic mass is 16.8. The van der Waals surface area contributed by atoms with Crippen molar-refractivity contribution >= 4 is 0 Å². The average molecular weight is 337 g/mol. The molecule has 7 nitrogen and oxygen atoms in total. The summed E-state index contributed by atoms with van der Waals surface area (Å²) in [5, 5.41) is 31.6. The molecular formula is C17H23NO6. The molecular weight excluding hydrogens is 314 g/mol. The molecule has 24 heavy (non-hydrogen) atoms. The van der Waals surface area contributed by atoms with Gasteiger partial charge in [-0.05, 0) is 31.2 Å². The van der Waals surface area contributed by atoms with Gasteiger partial charge in [0.15, 0.2) is 23.0 Å². The van der Waals surface area contributed by atoms with Gasteiger partial charge >= 0.3 is 0 Å². The molecule has 0 bridgehead atoms. The molecule has 0 radical (unpaired) electrons. The number of hydrogen-bond donors (Lipinski definition) is 3. The van der Waals surface area contributed by atoms with Crippen LogP contribution in [0.25, 0.3) is 0 Å². The van der Waals surface area contributed by atoms with Gasteiger partial charge in [0.25, 0.3) is 0 Å². The minimum absolute atomic E-state index is 0.0854. The van der Waals surface area contributed by atoms with Crippen molar-refractivity contribution in [2.24, 2.45) is 0 Å². The fourth-order valence-corrected chi connectivity index (χ4v) is 4.99. The van der Waals surface area contributed by atoms with Gasteiger partial charge in [-0.1, -0.05) is 6.07 Å². The summed E-state index contributed by atoms with van der Waals surface area (Å²) in [5.74, 6) is -2.40. The van der Waals surface area contributed by atoms with Crippen LogP contribution in [0.15, 0.2) is 18.2 Å². The number of rotatable bonds is 3. The molecule has 2 saturated heterocycles. The standard InChI is InChI=1S/C17H23NO6/c1-18-7-6-14(11-4-5-12(22-2)13(8-11)23-3)9-15(19,20)10-16(21)17(14,18)24-16/h4-5,8,19-21H,6-7,9-10H2,1-3H3/t14-,16?,17+/m1/s1. The summed E-state index contributed by atoms with van der Waals surface area (Å²) in [4.78, 5) is 1.97. The van der Waals surface area contributed by atoms with E-state index in [1.165, 1.54) is 0 Å². The Labute approximate surface area is 140 Å². The number of hydrogen-bond acceptors (Lipinski definition) is 7. The van der Waals surface area contributed by atoms with Gasteiger partial charge in [-0.25, -0.2) is 0 Å². The molecule has 132 valence electrons. The molecule has 1 saturated carbocycles. The van der Waals surface area contributed by atoms with E-state index in [4.69, 9.17) is 14.2 Å². The van der Waals surface area contributed by atoms with Gasteiger partial charge in [-0.3, -0.25) is 4.90 Å². The van der Waals surface area contributed by atoms with E-state index in [1.807, 2.05) is 24.1 Å². The van der Waals surface area contributed by atoms with Gasteiger partial charge < -0.3 is 29.5 Å². The maximum Gasteiger partial charge on any atom is 0.217 e. The van der Waals surface area contributed by atoms with Crippen molar-refractivity contribution in [1.29, 1.82) is 0 Å². The summed E-state index contributed by atoms with van der Waals surface area (Å²) in [5.41, 5.74) is -0.834. The first-order valence-corrected chi connectivity index (χ1v) is 8.05. The lowest BCUT2D eigenvalue weighted by molar-refractivity contribution is -0.225. The van der Waals surface area contributed by atoms with Crippen LogP contribution in [0.3, 0.4) is 0 Å². The van der Waals surface area contributed by atoms with E-state index in [2.05, 4.69) is 0 Å². The van der Waals surface area contributed by atoms with Crippen LogP contribution in [0.4, 0.5) is 0 Å². The second-order valence-electron chi connectivity index (χ2n) is 7.19. The Kier molecular flexibility index (Phi) is 3.10. The Balaban J connectivity index is 1.88. The van der Waals surface area contributed by atoms with E-state index in [9.17, 15) is 15.3 Å². The average Bonchev–Trinajstić information content (AvgIpc) is 3.07. The quantitative estimate of drug-likeness (QED) is 0.534. The molecule has 1 aromatic carbocycles. The first kappa shape index (κ1) is 16.1. The van der Waals surface area contributed by atoms with Crippen LogP contribution in [0.5, 0.6) is 11.5 Å². The predicted octanol–water partition coefficient (Wildman–Crippen LogP) is 0.167. The molecule has 1 aliphatic carbocycles. The van der Waals surface area contributed by atoms with E-state index < -0.39 is 22.7 Å². The Morgan fingerprint density at radius 3 is 2.46 bits per heavy atom. The minimum Gasteiger partial charge on any atom is -0.493 e. The first-order valence-electron chi connectivity index (χ1n) is 8.05. The third kappa shape index (κ3) is 1.74. The Morgan fingerprint density at radius 2 is 1.79 bits per heavy atom. The molecule has 3 fully saturated rings.